The first-order valence-electron chi connectivity index (χ1n) is 10.2. The third kappa shape index (κ3) is 4.31. The lowest BCUT2D eigenvalue weighted by Crippen LogP contribution is -2.51. The second kappa shape index (κ2) is 8.40. The van der Waals surface area contributed by atoms with Crippen molar-refractivity contribution in [2.75, 3.05) is 39.4 Å². The van der Waals surface area contributed by atoms with Gasteiger partial charge in [0.25, 0.3) is 5.91 Å². The number of nitrogens with zero attached hydrogens (tertiary/aromatic N) is 2. The average Bonchev–Trinajstić information content (AvgIpc) is 2.72. The molecular formula is C21H27ClN2O5. The van der Waals surface area contributed by atoms with Gasteiger partial charge in [-0.2, -0.15) is 0 Å². The van der Waals surface area contributed by atoms with E-state index in [1.165, 1.54) is 0 Å². The first-order chi connectivity index (χ1) is 13.9. The summed E-state index contributed by atoms with van der Waals surface area (Å²) in [5.74, 6) is 1.05. The van der Waals surface area contributed by atoms with Crippen LogP contribution in [0, 0.1) is 5.92 Å². The molecule has 2 saturated heterocycles. The molecule has 0 radical (unpaired) electrons. The fourth-order valence-corrected chi connectivity index (χ4v) is 4.63. The van der Waals surface area contributed by atoms with Crippen LogP contribution >= 0.6 is 11.6 Å². The van der Waals surface area contributed by atoms with Gasteiger partial charge in [0.1, 0.15) is 13.2 Å². The summed E-state index contributed by atoms with van der Waals surface area (Å²) in [6.45, 7) is 7.25. The van der Waals surface area contributed by atoms with Gasteiger partial charge in [0.15, 0.2) is 11.5 Å². The highest BCUT2D eigenvalue weighted by Gasteiger charge is 2.34. The van der Waals surface area contributed by atoms with Gasteiger partial charge in [0.2, 0.25) is 5.91 Å². The highest BCUT2D eigenvalue weighted by molar-refractivity contribution is 6.32. The molecule has 0 saturated carbocycles. The van der Waals surface area contributed by atoms with Crippen molar-refractivity contribution in [2.45, 2.75) is 38.9 Å². The summed E-state index contributed by atoms with van der Waals surface area (Å²) in [6, 6.07) is 3.32. The van der Waals surface area contributed by atoms with Crippen LogP contribution in [0.3, 0.4) is 0 Å². The molecule has 2 amide bonds. The van der Waals surface area contributed by atoms with E-state index < -0.39 is 0 Å². The molecule has 7 nitrogen and oxygen atoms in total. The Morgan fingerprint density at radius 2 is 1.66 bits per heavy atom. The molecule has 4 rings (SSSR count). The van der Waals surface area contributed by atoms with Crippen molar-refractivity contribution in [3.63, 3.8) is 0 Å². The number of hydrogen-bond donors (Lipinski definition) is 0. The maximum Gasteiger partial charge on any atom is 0.254 e. The minimum Gasteiger partial charge on any atom is -0.486 e. The number of likely N-dealkylation sites (tertiary alicyclic amines) is 1. The molecule has 0 N–H and O–H groups in total. The van der Waals surface area contributed by atoms with Crippen molar-refractivity contribution >= 4 is 23.4 Å². The van der Waals surface area contributed by atoms with Gasteiger partial charge < -0.3 is 24.0 Å². The number of carbonyl (C=O) groups excluding carboxylic acids is 2. The molecule has 3 heterocycles. The van der Waals surface area contributed by atoms with E-state index in [1.54, 1.807) is 17.0 Å². The van der Waals surface area contributed by atoms with Crippen molar-refractivity contribution in [3.8, 4) is 11.5 Å². The highest BCUT2D eigenvalue weighted by Crippen LogP contribution is 2.38. The number of ether oxygens (including phenoxy) is 3. The highest BCUT2D eigenvalue weighted by atomic mass is 35.5. The number of hydrogen-bond acceptors (Lipinski definition) is 5. The number of morpholine rings is 1. The van der Waals surface area contributed by atoms with Crippen molar-refractivity contribution < 1.29 is 23.8 Å². The van der Waals surface area contributed by atoms with Gasteiger partial charge in [-0.25, -0.2) is 0 Å². The van der Waals surface area contributed by atoms with E-state index in [0.29, 0.717) is 74.3 Å². The second-order valence-corrected chi connectivity index (χ2v) is 8.46. The molecule has 0 aliphatic carbocycles. The van der Waals surface area contributed by atoms with E-state index in [4.69, 9.17) is 25.8 Å². The molecule has 0 aromatic heterocycles. The first-order valence-corrected chi connectivity index (χ1v) is 10.6. The average molecular weight is 423 g/mol. The lowest BCUT2D eigenvalue weighted by atomic mass is 9.94. The monoisotopic (exact) mass is 422 g/mol. The Labute approximate surface area is 175 Å². The van der Waals surface area contributed by atoms with Crippen molar-refractivity contribution in [3.05, 3.63) is 22.7 Å². The molecule has 8 heteroatoms. The van der Waals surface area contributed by atoms with Crippen LogP contribution in [-0.4, -0.2) is 73.2 Å². The minimum absolute atomic E-state index is 0.0413. The molecule has 3 aliphatic heterocycles. The van der Waals surface area contributed by atoms with E-state index >= 15 is 0 Å². The van der Waals surface area contributed by atoms with Crippen LogP contribution in [0.15, 0.2) is 12.1 Å². The Hall–Kier alpha value is -1.99. The summed E-state index contributed by atoms with van der Waals surface area (Å²) in [5.41, 5.74) is 0.486. The van der Waals surface area contributed by atoms with Crippen LogP contribution < -0.4 is 9.47 Å². The second-order valence-electron chi connectivity index (χ2n) is 8.05. The van der Waals surface area contributed by atoms with E-state index in [1.807, 2.05) is 18.7 Å². The molecule has 2 fully saturated rings. The van der Waals surface area contributed by atoms with Crippen molar-refractivity contribution in [2.24, 2.45) is 5.92 Å². The van der Waals surface area contributed by atoms with Gasteiger partial charge in [-0.1, -0.05) is 11.6 Å². The zero-order valence-corrected chi connectivity index (χ0v) is 17.6. The lowest BCUT2D eigenvalue weighted by Gasteiger charge is -2.39. The van der Waals surface area contributed by atoms with E-state index in [9.17, 15) is 9.59 Å². The number of benzene rings is 1. The Balaban J connectivity index is 1.38. The molecule has 3 aliphatic rings. The maximum atomic E-state index is 13.0. The van der Waals surface area contributed by atoms with E-state index in [2.05, 4.69) is 0 Å². The number of rotatable bonds is 2. The fourth-order valence-electron chi connectivity index (χ4n) is 4.36. The normalized spacial score (nSPS) is 25.1. The number of carbonyl (C=O) groups is 2. The Kier molecular flexibility index (Phi) is 5.88. The topological polar surface area (TPSA) is 68.3 Å². The Morgan fingerprint density at radius 1 is 1.00 bits per heavy atom. The summed E-state index contributed by atoms with van der Waals surface area (Å²) in [7, 11) is 0. The molecular weight excluding hydrogens is 396 g/mol. The van der Waals surface area contributed by atoms with Gasteiger partial charge >= 0.3 is 0 Å². The number of piperidine rings is 1. The van der Waals surface area contributed by atoms with Gasteiger partial charge in [0.05, 0.1) is 17.2 Å². The Morgan fingerprint density at radius 3 is 2.34 bits per heavy atom. The Bertz CT molecular complexity index is 784. The molecule has 2 atom stereocenters. The molecule has 2 unspecified atom stereocenters. The third-order valence-corrected chi connectivity index (χ3v) is 5.99. The van der Waals surface area contributed by atoms with Crippen LogP contribution in [0.25, 0.3) is 0 Å². The van der Waals surface area contributed by atoms with Crippen LogP contribution in [0.5, 0.6) is 11.5 Å². The third-order valence-electron chi connectivity index (χ3n) is 5.71. The van der Waals surface area contributed by atoms with Gasteiger partial charge in [0, 0.05) is 37.7 Å². The van der Waals surface area contributed by atoms with Crippen LogP contribution in [-0.2, 0) is 9.53 Å². The lowest BCUT2D eigenvalue weighted by molar-refractivity contribution is -0.148. The van der Waals surface area contributed by atoms with Crippen LogP contribution in [0.1, 0.15) is 37.0 Å². The number of fused-ring (bicyclic) bond motifs is 1. The molecule has 29 heavy (non-hydrogen) atoms. The van der Waals surface area contributed by atoms with Gasteiger partial charge in [-0.3, -0.25) is 9.59 Å². The first kappa shape index (κ1) is 20.3. The summed E-state index contributed by atoms with van der Waals surface area (Å²) < 4.78 is 16.8. The standard InChI is InChI=1S/C21H27ClN2O5/c1-13-11-24(12-14(2)29-13)20(25)15-3-5-23(6-4-15)21(26)16-9-17(22)19-18(10-16)27-7-8-28-19/h9-10,13-15H,3-8,11-12H2,1-2H3. The summed E-state index contributed by atoms with van der Waals surface area (Å²) in [6.07, 6.45) is 1.46. The summed E-state index contributed by atoms with van der Waals surface area (Å²) in [5, 5.41) is 0.381. The van der Waals surface area contributed by atoms with Crippen LogP contribution in [0.2, 0.25) is 5.02 Å². The molecule has 1 aromatic rings. The molecule has 1 aromatic carbocycles. The van der Waals surface area contributed by atoms with Crippen molar-refractivity contribution in [1.29, 1.82) is 0 Å². The predicted octanol–water partition coefficient (Wildman–Crippen LogP) is 2.60. The molecule has 0 spiro atoms. The van der Waals surface area contributed by atoms with Gasteiger partial charge in [-0.05, 0) is 38.8 Å². The smallest absolute Gasteiger partial charge is 0.254 e. The zero-order valence-electron chi connectivity index (χ0n) is 16.9. The quantitative estimate of drug-likeness (QED) is 0.732. The summed E-state index contributed by atoms with van der Waals surface area (Å²) >= 11 is 6.27. The largest absolute Gasteiger partial charge is 0.486 e. The van der Waals surface area contributed by atoms with E-state index in [0.717, 1.165) is 0 Å². The molecule has 0 bridgehead atoms. The zero-order chi connectivity index (χ0) is 20.5. The molecule has 158 valence electrons. The van der Waals surface area contributed by atoms with Crippen molar-refractivity contribution in [1.82, 2.24) is 9.80 Å². The number of amides is 2. The minimum atomic E-state index is -0.0941. The fraction of sp³-hybridized carbons (Fsp3) is 0.619. The van der Waals surface area contributed by atoms with Crippen LogP contribution in [0.4, 0.5) is 0 Å². The number of halogens is 1. The van der Waals surface area contributed by atoms with E-state index in [-0.39, 0.29) is 29.9 Å². The van der Waals surface area contributed by atoms with Gasteiger partial charge in [-0.15, -0.1) is 0 Å². The SMILES string of the molecule is CC1CN(C(=O)C2CCN(C(=O)c3cc(Cl)c4c(c3)OCCO4)CC2)CC(C)O1. The maximum absolute atomic E-state index is 13.0. The predicted molar refractivity (Wildman–Crippen MR) is 108 cm³/mol. The summed E-state index contributed by atoms with van der Waals surface area (Å²) in [4.78, 5) is 29.6.